The average molecular weight is 1920 g/mol. The first kappa shape index (κ1) is 131. The van der Waals surface area contributed by atoms with Crippen LogP contribution in [-0.4, -0.2) is 186 Å². The zero-order valence-corrected chi connectivity index (χ0v) is 77.0. The number of carbonyl (C=O) groups excluding carboxylic acids is 10. The molecule has 3 atom stereocenters. The lowest BCUT2D eigenvalue weighted by atomic mass is 9.85. The number of hydrogen-bond acceptors (Lipinski definition) is 23. The molecular formula is C85H125F19O24S. The van der Waals surface area contributed by atoms with Gasteiger partial charge in [-0.25, -0.2) is 47.9 Å². The Bertz CT molecular complexity index is 3800. The summed E-state index contributed by atoms with van der Waals surface area (Å²) in [6, 6.07) is 0. The predicted octanol–water partition coefficient (Wildman–Crippen LogP) is 21.5. The van der Waals surface area contributed by atoms with Crippen molar-refractivity contribution in [1.29, 1.82) is 0 Å². The first-order valence-corrected chi connectivity index (χ1v) is 41.2. The number of alkyl halides is 19. The third-order valence-corrected chi connectivity index (χ3v) is 18.0. The number of rotatable bonds is 28. The Kier molecular flexibility index (Phi) is 58.0. The smallest absolute Gasteiger partial charge is 0.434 e. The van der Waals surface area contributed by atoms with Crippen molar-refractivity contribution in [2.24, 2.45) is 5.92 Å². The second-order valence-corrected chi connectivity index (χ2v) is 32.6. The molecule has 0 amide bonds. The second kappa shape index (κ2) is 57.3. The molecule has 748 valence electrons. The van der Waals surface area contributed by atoms with E-state index >= 15 is 0 Å². The SMILES string of the molecule is C=C(C)C(=O)OC(C(F)(F)F)C(F)(F)F.C=C(C)C(=O)OC(C)C(F)(F)C(=O)OCC.C=C(C)C(=O)OC(C)CC(O)(C(F)(F)F)C(F)(F)F.C=C(C)C(=O)OC(CC)C(F)(F)C(=O)OC(C)(C)C.C=C(C)C(=O)OC1(C(C)C)CCCC1.C=C(C)C(=O)OC1(CC)CCCC1.C=C(C)C(=O)OC1(CC)CCCCCCC1.C=C(C)C(=O)OCC(F)(F)F.C=CS(=O)(=O)O. The zero-order chi connectivity index (χ0) is 103. The van der Waals surface area contributed by atoms with Crippen LogP contribution in [0.25, 0.3) is 0 Å². The molecule has 44 heteroatoms. The van der Waals surface area contributed by atoms with E-state index in [-0.39, 0.29) is 70.0 Å². The molecule has 3 aliphatic carbocycles. The summed E-state index contributed by atoms with van der Waals surface area (Å²) < 4.78 is 306. The van der Waals surface area contributed by atoms with Gasteiger partial charge >= 0.3 is 102 Å². The first-order chi connectivity index (χ1) is 57.9. The van der Waals surface area contributed by atoms with Crippen molar-refractivity contribution in [2.45, 2.75) is 349 Å². The molecule has 0 radical (unpaired) electrons. The maximum absolute atomic E-state index is 13.9. The van der Waals surface area contributed by atoms with Gasteiger partial charge in [-0.05, 0) is 199 Å². The van der Waals surface area contributed by atoms with Gasteiger partial charge in [0, 0.05) is 51.0 Å². The molecule has 0 aliphatic heterocycles. The molecular weight excluding hydrogens is 1800 g/mol. The summed E-state index contributed by atoms with van der Waals surface area (Å²) in [4.78, 5) is 111. The Morgan fingerprint density at radius 2 is 0.721 bits per heavy atom. The molecule has 129 heavy (non-hydrogen) atoms. The van der Waals surface area contributed by atoms with E-state index in [1.165, 1.54) is 120 Å². The van der Waals surface area contributed by atoms with Gasteiger partial charge in [0.1, 0.15) is 28.5 Å². The molecule has 0 saturated heterocycles. The van der Waals surface area contributed by atoms with Crippen LogP contribution >= 0.6 is 0 Å². The topological polar surface area (TPSA) is 338 Å². The number of hydrogen-bond donors (Lipinski definition) is 2. The minimum absolute atomic E-state index is 0.0153. The Hall–Kier alpha value is -9.10. The average Bonchev–Trinajstić information content (AvgIpc) is 1.54. The summed E-state index contributed by atoms with van der Waals surface area (Å²) in [5, 5.41) is 9.31. The van der Waals surface area contributed by atoms with Crippen molar-refractivity contribution in [3.8, 4) is 0 Å². The third kappa shape index (κ3) is 53.7. The van der Waals surface area contributed by atoms with Crippen LogP contribution in [0.15, 0.2) is 109 Å². The molecule has 2 N–H and O–H groups in total. The number of carbonyl (C=O) groups is 10. The quantitative estimate of drug-likeness (QED) is 0.0242. The van der Waals surface area contributed by atoms with Crippen molar-refractivity contribution in [3.05, 3.63) is 109 Å². The minimum atomic E-state index is -5.94. The maximum Gasteiger partial charge on any atom is 0.434 e. The van der Waals surface area contributed by atoms with E-state index < -0.39 is 149 Å². The van der Waals surface area contributed by atoms with Gasteiger partial charge in [0.05, 0.1) is 12.0 Å². The monoisotopic (exact) mass is 1920 g/mol. The Labute approximate surface area is 741 Å². The van der Waals surface area contributed by atoms with Crippen LogP contribution in [0.5, 0.6) is 0 Å². The van der Waals surface area contributed by atoms with Crippen LogP contribution in [0.2, 0.25) is 0 Å². The highest BCUT2D eigenvalue weighted by molar-refractivity contribution is 7.88. The fourth-order valence-corrected chi connectivity index (χ4v) is 10.0. The van der Waals surface area contributed by atoms with Crippen LogP contribution in [0.1, 0.15) is 254 Å². The molecule has 0 bridgehead atoms. The number of aliphatic hydroxyl groups is 1. The maximum atomic E-state index is 13.9. The summed E-state index contributed by atoms with van der Waals surface area (Å²) in [5.41, 5.74) is -5.89. The summed E-state index contributed by atoms with van der Waals surface area (Å²) >= 11 is 0. The summed E-state index contributed by atoms with van der Waals surface area (Å²) in [6.07, 6.45) is -20.6. The molecule has 3 saturated carbocycles. The number of ether oxygens (including phenoxy) is 10. The number of halogens is 19. The largest absolute Gasteiger partial charge is 0.461 e. The van der Waals surface area contributed by atoms with Crippen LogP contribution in [-0.2, 0) is 105 Å². The highest BCUT2D eigenvalue weighted by Crippen LogP contribution is 2.47. The van der Waals surface area contributed by atoms with Gasteiger partial charge in [0.2, 0.25) is 0 Å². The van der Waals surface area contributed by atoms with Gasteiger partial charge in [-0.1, -0.05) is 113 Å². The van der Waals surface area contributed by atoms with Crippen molar-refractivity contribution < 1.29 is 197 Å². The standard InChI is InChI=1S/C14H24O2.C13H20F2O4.C12H20O2.C11H18O2.C10H12F6O3.C10H14F2O4.C7H6F6O2.C6H7F3O2.C2H4O3S/c1-4-14(16-13(15)12(2)3)10-8-6-5-7-9-11-14;1-7-9(18-10(16)8(2)3)13(14,15)11(17)19-12(4,5)6;1-9(2)11(13)14-12(10(3)4)7-5-6-8-12;1-4-11(7-5-6-8-11)13-10(12)9(2)3;1-5(2)7(17)19-6(3)4-8(18,9(11,12)13)10(14,15)16;1-5-15-9(14)10(11,12)7(4)16-8(13)6(2)3;1-3(2)4(14)15-5(6(8,9)10)7(11,12)13;1-4(2)5(10)11-3-6(7,8)9;1-2-6(3,4)5/h2,4-11H2,1,3H3;9H,2,7H2,1,3-6H3;10H,1,5-8H2,2-4H3;2,4-8H2,1,3H3;6,18H,1,4H2,2-3H3;7H,2,5H2,1,3-4H3;5H,1H2,2H3;1,3H2,2H3;2H,1H2,(H,3,4,5). The molecule has 0 heterocycles. The van der Waals surface area contributed by atoms with E-state index in [9.17, 15) is 140 Å². The lowest BCUT2D eigenvalue weighted by Crippen LogP contribution is -2.58. The van der Waals surface area contributed by atoms with Crippen molar-refractivity contribution >= 4 is 69.8 Å². The van der Waals surface area contributed by atoms with Crippen LogP contribution < -0.4 is 0 Å². The van der Waals surface area contributed by atoms with E-state index in [4.69, 9.17) is 23.9 Å². The zero-order valence-electron chi connectivity index (χ0n) is 76.1. The lowest BCUT2D eigenvalue weighted by Gasteiger charge is -2.34. The van der Waals surface area contributed by atoms with E-state index in [2.05, 4.69) is 120 Å². The Morgan fingerprint density at radius 3 is 1.00 bits per heavy atom. The fraction of sp³-hybridized carbons (Fsp3) is 0.671. The second-order valence-electron chi connectivity index (χ2n) is 31.2. The molecule has 3 unspecified atom stereocenters. The van der Waals surface area contributed by atoms with Crippen molar-refractivity contribution in [1.82, 2.24) is 0 Å². The highest BCUT2D eigenvalue weighted by atomic mass is 32.2. The van der Waals surface area contributed by atoms with Gasteiger partial charge in [-0.3, -0.25) is 4.55 Å². The summed E-state index contributed by atoms with van der Waals surface area (Å²) in [6.45, 7) is 56.1. The van der Waals surface area contributed by atoms with Gasteiger partial charge < -0.3 is 52.5 Å². The van der Waals surface area contributed by atoms with Crippen molar-refractivity contribution in [3.63, 3.8) is 0 Å². The molecule has 3 aliphatic rings. The summed E-state index contributed by atoms with van der Waals surface area (Å²) in [7, 11) is -3.90. The molecule has 3 rings (SSSR count). The molecule has 24 nitrogen and oxygen atoms in total. The molecule has 3 fully saturated rings. The molecule has 0 aromatic rings. The van der Waals surface area contributed by atoms with Gasteiger partial charge in [-0.2, -0.15) is 91.8 Å². The number of esters is 10. The Balaban J connectivity index is -0.000000333. The van der Waals surface area contributed by atoms with Gasteiger partial charge in [0.25, 0.3) is 21.8 Å². The summed E-state index contributed by atoms with van der Waals surface area (Å²) in [5.74, 6) is -17.3. The molecule has 0 aromatic carbocycles. The van der Waals surface area contributed by atoms with E-state index in [1.54, 1.807) is 20.8 Å². The third-order valence-electron chi connectivity index (χ3n) is 17.5. The van der Waals surface area contributed by atoms with Crippen LogP contribution in [0, 0.1) is 5.92 Å². The predicted molar refractivity (Wildman–Crippen MR) is 436 cm³/mol. The van der Waals surface area contributed by atoms with Crippen LogP contribution in [0.4, 0.5) is 83.4 Å². The first-order valence-electron chi connectivity index (χ1n) is 39.7. The van der Waals surface area contributed by atoms with Gasteiger partial charge in [0.15, 0.2) is 18.8 Å². The highest BCUT2D eigenvalue weighted by Gasteiger charge is 2.71. The van der Waals surface area contributed by atoms with E-state index in [1.807, 2.05) is 0 Å². The van der Waals surface area contributed by atoms with Crippen LogP contribution in [0.3, 0.4) is 0 Å². The van der Waals surface area contributed by atoms with E-state index in [0.717, 1.165) is 72.1 Å². The minimum Gasteiger partial charge on any atom is -0.461 e. The van der Waals surface area contributed by atoms with Gasteiger partial charge in [-0.15, -0.1) is 0 Å². The lowest BCUT2D eigenvalue weighted by molar-refractivity contribution is -0.373. The Morgan fingerprint density at radius 1 is 0.419 bits per heavy atom. The normalized spacial score (nSPS) is 15.4. The van der Waals surface area contributed by atoms with Crippen molar-refractivity contribution in [2.75, 3.05) is 13.2 Å². The molecule has 0 aromatic heterocycles. The molecule has 0 spiro atoms. The van der Waals surface area contributed by atoms with E-state index in [0.29, 0.717) is 28.0 Å². The fourth-order valence-electron chi connectivity index (χ4n) is 10.0.